The van der Waals surface area contributed by atoms with Crippen LogP contribution in [0.3, 0.4) is 0 Å². The fourth-order valence-electron chi connectivity index (χ4n) is 2.15. The molecule has 0 unspecified atom stereocenters. The summed E-state index contributed by atoms with van der Waals surface area (Å²) in [5.41, 5.74) is 8.42. The van der Waals surface area contributed by atoms with Crippen LogP contribution >= 0.6 is 0 Å². The van der Waals surface area contributed by atoms with Gasteiger partial charge in [-0.15, -0.1) is 0 Å². The van der Waals surface area contributed by atoms with Gasteiger partial charge in [-0.25, -0.2) is 15.4 Å². The van der Waals surface area contributed by atoms with E-state index in [4.69, 9.17) is 0 Å². The Morgan fingerprint density at radius 3 is 2.05 bits per heavy atom. The van der Waals surface area contributed by atoms with E-state index < -0.39 is 0 Å². The van der Waals surface area contributed by atoms with Crippen molar-refractivity contribution in [2.24, 2.45) is 5.10 Å². The molecule has 4 nitrogen and oxygen atoms in total. The summed E-state index contributed by atoms with van der Waals surface area (Å²) in [7, 11) is 0. The van der Waals surface area contributed by atoms with Crippen LogP contribution in [0, 0.1) is 0 Å². The van der Waals surface area contributed by atoms with Crippen molar-refractivity contribution in [1.29, 1.82) is 0 Å². The lowest BCUT2D eigenvalue weighted by Gasteiger charge is -2.06. The molecule has 0 radical (unpaired) electrons. The summed E-state index contributed by atoms with van der Waals surface area (Å²) in [4.78, 5) is 8.93. The van der Waals surface area contributed by atoms with Crippen LogP contribution in [-0.2, 0) is 19.3 Å². The van der Waals surface area contributed by atoms with Crippen LogP contribution in [0.5, 0.6) is 0 Å². The Labute approximate surface area is 132 Å². The third-order valence-electron chi connectivity index (χ3n) is 3.66. The second kappa shape index (κ2) is 7.69. The molecular weight excluding hydrogens is 272 g/mol. The summed E-state index contributed by atoms with van der Waals surface area (Å²) in [5.74, 6) is 0.570. The van der Waals surface area contributed by atoms with Gasteiger partial charge in [-0.05, 0) is 43.4 Å². The largest absolute Gasteiger partial charge is 0.245 e. The number of anilines is 1. The predicted octanol–water partition coefficient (Wildman–Crippen LogP) is 4.00. The standard InChI is InChI=1S/C18H24N4/c1-5-14-8-10-15(11-9-14)13(4)21-22-18-19-16(6-2)12-17(7-3)20-18/h8-12H,5-7H2,1-4H3,(H,19,20,22). The van der Waals surface area contributed by atoms with Crippen LogP contribution in [0.15, 0.2) is 35.4 Å². The molecular formula is C18H24N4. The van der Waals surface area contributed by atoms with E-state index in [1.807, 2.05) is 13.0 Å². The number of rotatable bonds is 6. The zero-order valence-electron chi connectivity index (χ0n) is 13.8. The summed E-state index contributed by atoms with van der Waals surface area (Å²) in [5, 5.41) is 4.41. The maximum Gasteiger partial charge on any atom is 0.243 e. The molecule has 0 fully saturated rings. The number of hydrogen-bond acceptors (Lipinski definition) is 4. The van der Waals surface area contributed by atoms with Crippen molar-refractivity contribution in [3.05, 3.63) is 52.8 Å². The zero-order chi connectivity index (χ0) is 15.9. The van der Waals surface area contributed by atoms with E-state index in [2.05, 4.69) is 65.5 Å². The lowest BCUT2D eigenvalue weighted by molar-refractivity contribution is 0.933. The maximum absolute atomic E-state index is 4.46. The van der Waals surface area contributed by atoms with Gasteiger partial charge in [-0.1, -0.05) is 45.0 Å². The van der Waals surface area contributed by atoms with Crippen LogP contribution < -0.4 is 5.43 Å². The van der Waals surface area contributed by atoms with E-state index in [1.165, 1.54) is 5.56 Å². The molecule has 0 aliphatic rings. The molecule has 4 heteroatoms. The monoisotopic (exact) mass is 296 g/mol. The van der Waals surface area contributed by atoms with Crippen molar-refractivity contribution in [3.63, 3.8) is 0 Å². The number of aromatic nitrogens is 2. The highest BCUT2D eigenvalue weighted by Crippen LogP contribution is 2.09. The molecule has 0 spiro atoms. The second-order valence-corrected chi connectivity index (χ2v) is 5.24. The third-order valence-corrected chi connectivity index (χ3v) is 3.66. The average Bonchev–Trinajstić information content (AvgIpc) is 2.59. The fraction of sp³-hybridized carbons (Fsp3) is 0.389. The zero-order valence-corrected chi connectivity index (χ0v) is 13.8. The molecule has 2 rings (SSSR count). The Kier molecular flexibility index (Phi) is 5.64. The van der Waals surface area contributed by atoms with E-state index in [0.29, 0.717) is 5.95 Å². The van der Waals surface area contributed by atoms with E-state index in [9.17, 15) is 0 Å². The van der Waals surface area contributed by atoms with Crippen LogP contribution in [0.1, 0.15) is 50.2 Å². The minimum atomic E-state index is 0.570. The van der Waals surface area contributed by atoms with E-state index in [1.54, 1.807) is 0 Å². The molecule has 0 amide bonds. The second-order valence-electron chi connectivity index (χ2n) is 5.24. The van der Waals surface area contributed by atoms with Gasteiger partial charge in [0.15, 0.2) is 0 Å². The van der Waals surface area contributed by atoms with Gasteiger partial charge in [0.2, 0.25) is 5.95 Å². The highest BCUT2D eigenvalue weighted by atomic mass is 15.4. The molecule has 0 bridgehead atoms. The Bertz CT molecular complexity index is 622. The van der Waals surface area contributed by atoms with Gasteiger partial charge >= 0.3 is 0 Å². The minimum Gasteiger partial charge on any atom is -0.245 e. The molecule has 1 N–H and O–H groups in total. The molecule has 116 valence electrons. The molecule has 0 atom stereocenters. The quantitative estimate of drug-likeness (QED) is 0.647. The van der Waals surface area contributed by atoms with Crippen molar-refractivity contribution in [2.45, 2.75) is 47.0 Å². The fourth-order valence-corrected chi connectivity index (χ4v) is 2.15. The molecule has 1 aromatic carbocycles. The number of aryl methyl sites for hydroxylation is 3. The van der Waals surface area contributed by atoms with Crippen LogP contribution in [0.2, 0.25) is 0 Å². The van der Waals surface area contributed by atoms with Crippen molar-refractivity contribution >= 4 is 11.7 Å². The molecule has 0 aliphatic heterocycles. The number of hydrogen-bond donors (Lipinski definition) is 1. The first-order chi connectivity index (χ1) is 10.7. The smallest absolute Gasteiger partial charge is 0.243 e. The summed E-state index contributed by atoms with van der Waals surface area (Å²) in [6.07, 6.45) is 2.84. The normalized spacial score (nSPS) is 11.5. The summed E-state index contributed by atoms with van der Waals surface area (Å²) >= 11 is 0. The topological polar surface area (TPSA) is 50.2 Å². The van der Waals surface area contributed by atoms with Gasteiger partial charge in [0, 0.05) is 11.4 Å². The van der Waals surface area contributed by atoms with Crippen LogP contribution in [0.4, 0.5) is 5.95 Å². The van der Waals surface area contributed by atoms with Gasteiger partial charge < -0.3 is 0 Å². The highest BCUT2D eigenvalue weighted by Gasteiger charge is 2.03. The first-order valence-corrected chi connectivity index (χ1v) is 7.92. The number of nitrogens with zero attached hydrogens (tertiary/aromatic N) is 3. The van der Waals surface area contributed by atoms with Crippen molar-refractivity contribution in [3.8, 4) is 0 Å². The highest BCUT2D eigenvalue weighted by molar-refractivity contribution is 5.99. The van der Waals surface area contributed by atoms with Gasteiger partial charge in [0.25, 0.3) is 0 Å². The number of benzene rings is 1. The molecule has 1 heterocycles. The lowest BCUT2D eigenvalue weighted by atomic mass is 10.1. The lowest BCUT2D eigenvalue weighted by Crippen LogP contribution is -2.05. The first kappa shape index (κ1) is 16.1. The maximum atomic E-state index is 4.46. The SMILES string of the molecule is CCc1ccc(C(C)=NNc2nc(CC)cc(CC)n2)cc1. The minimum absolute atomic E-state index is 0.570. The van der Waals surface area contributed by atoms with Crippen LogP contribution in [0.25, 0.3) is 0 Å². The van der Waals surface area contributed by atoms with Gasteiger partial charge in [-0.3, -0.25) is 0 Å². The predicted molar refractivity (Wildman–Crippen MR) is 92.4 cm³/mol. The summed E-state index contributed by atoms with van der Waals surface area (Å²) < 4.78 is 0. The van der Waals surface area contributed by atoms with Gasteiger partial charge in [-0.2, -0.15) is 5.10 Å². The average molecular weight is 296 g/mol. The van der Waals surface area contributed by atoms with Crippen molar-refractivity contribution < 1.29 is 0 Å². The molecule has 0 saturated heterocycles. The summed E-state index contributed by atoms with van der Waals surface area (Å²) in [6.45, 7) is 8.32. The number of nitrogens with one attached hydrogen (secondary N) is 1. The molecule has 2 aromatic rings. The Hall–Kier alpha value is -2.23. The molecule has 0 saturated carbocycles. The van der Waals surface area contributed by atoms with E-state index in [0.717, 1.165) is 41.9 Å². The Balaban J connectivity index is 2.15. The molecule has 0 aliphatic carbocycles. The van der Waals surface area contributed by atoms with Crippen LogP contribution in [-0.4, -0.2) is 15.7 Å². The number of hydrazone groups is 1. The van der Waals surface area contributed by atoms with E-state index in [-0.39, 0.29) is 0 Å². The molecule has 22 heavy (non-hydrogen) atoms. The van der Waals surface area contributed by atoms with Crippen molar-refractivity contribution in [2.75, 3.05) is 5.43 Å². The first-order valence-electron chi connectivity index (χ1n) is 7.92. The van der Waals surface area contributed by atoms with Gasteiger partial charge in [0.05, 0.1) is 5.71 Å². The Morgan fingerprint density at radius 2 is 1.55 bits per heavy atom. The Morgan fingerprint density at radius 1 is 0.955 bits per heavy atom. The third kappa shape index (κ3) is 4.13. The van der Waals surface area contributed by atoms with Gasteiger partial charge in [0.1, 0.15) is 0 Å². The summed E-state index contributed by atoms with van der Waals surface area (Å²) in [6, 6.07) is 10.5. The van der Waals surface area contributed by atoms with Crippen molar-refractivity contribution in [1.82, 2.24) is 9.97 Å². The molecule has 1 aromatic heterocycles. The van der Waals surface area contributed by atoms with E-state index >= 15 is 0 Å².